The second-order valence-corrected chi connectivity index (χ2v) is 4.87. The highest BCUT2D eigenvalue weighted by molar-refractivity contribution is 5.84. The van der Waals surface area contributed by atoms with Crippen LogP contribution in [0.25, 0.3) is 0 Å². The second-order valence-electron chi connectivity index (χ2n) is 4.87. The van der Waals surface area contributed by atoms with E-state index in [4.69, 9.17) is 0 Å². The lowest BCUT2D eigenvalue weighted by atomic mass is 10.2. The van der Waals surface area contributed by atoms with Crippen LogP contribution in [0, 0.1) is 0 Å². The Morgan fingerprint density at radius 2 is 1.91 bits per heavy atom. The third kappa shape index (κ3) is 6.97. The largest absolute Gasteiger partial charge is 0.453 e. The predicted molar refractivity (Wildman–Crippen MR) is 90.2 cm³/mol. The molecule has 0 aliphatic carbocycles. The predicted octanol–water partition coefficient (Wildman–Crippen LogP) is 2.72. The smallest absolute Gasteiger partial charge is 0.411 e. The molecule has 0 heterocycles. The second kappa shape index (κ2) is 10.5. The first-order valence-electron chi connectivity index (χ1n) is 7.58. The van der Waals surface area contributed by atoms with Crippen molar-refractivity contribution < 1.29 is 9.53 Å². The molecule has 6 heteroatoms. The molecule has 0 aliphatic heterocycles. The monoisotopic (exact) mass is 306 g/mol. The van der Waals surface area contributed by atoms with Crippen LogP contribution in [0.2, 0.25) is 0 Å². The van der Waals surface area contributed by atoms with E-state index in [2.05, 4.69) is 32.6 Å². The van der Waals surface area contributed by atoms with Gasteiger partial charge in [-0.15, -0.1) is 0 Å². The first-order chi connectivity index (χ1) is 10.7. The van der Waals surface area contributed by atoms with Gasteiger partial charge in [0.2, 0.25) is 0 Å². The molecule has 0 bridgehead atoms. The van der Waals surface area contributed by atoms with Gasteiger partial charge in [-0.25, -0.2) is 4.79 Å². The molecule has 0 radical (unpaired) electrons. The number of ether oxygens (including phenoxy) is 1. The van der Waals surface area contributed by atoms with Gasteiger partial charge in [0, 0.05) is 25.8 Å². The van der Waals surface area contributed by atoms with E-state index in [1.165, 1.54) is 20.0 Å². The van der Waals surface area contributed by atoms with E-state index < -0.39 is 6.09 Å². The number of benzene rings is 1. The van der Waals surface area contributed by atoms with Crippen LogP contribution in [-0.4, -0.2) is 32.8 Å². The summed E-state index contributed by atoms with van der Waals surface area (Å²) in [7, 11) is 3.10. The number of aliphatic imine (C=N–C) groups is 1. The summed E-state index contributed by atoms with van der Waals surface area (Å²) in [6.45, 7) is 3.78. The van der Waals surface area contributed by atoms with Gasteiger partial charge in [-0.05, 0) is 24.1 Å². The Bertz CT molecular complexity index is 472. The number of carbonyl (C=O) groups excluding carboxylic acids is 1. The van der Waals surface area contributed by atoms with E-state index >= 15 is 0 Å². The molecule has 0 aromatic heterocycles. The van der Waals surface area contributed by atoms with E-state index in [1.807, 2.05) is 24.3 Å². The van der Waals surface area contributed by atoms with Crippen LogP contribution < -0.4 is 16.0 Å². The molecule has 0 fully saturated rings. The number of rotatable bonds is 7. The van der Waals surface area contributed by atoms with Gasteiger partial charge in [-0.1, -0.05) is 31.9 Å². The minimum atomic E-state index is -0.470. The lowest BCUT2D eigenvalue weighted by molar-refractivity contribution is 0.187. The molecule has 6 nitrogen and oxygen atoms in total. The maximum atomic E-state index is 11.1. The van der Waals surface area contributed by atoms with Crippen molar-refractivity contribution in [3.8, 4) is 0 Å². The average molecular weight is 306 g/mol. The van der Waals surface area contributed by atoms with Crippen molar-refractivity contribution in [3.05, 3.63) is 29.8 Å². The standard InChI is InChI=1S/C16H26N4O2/c1-4-5-6-11-18-15(17-2)19-12-13-7-9-14(10-8-13)20-16(21)22-3/h7-10H,4-6,11-12H2,1-3H3,(H,20,21)(H2,17,18,19). The fourth-order valence-corrected chi connectivity index (χ4v) is 1.86. The van der Waals surface area contributed by atoms with E-state index in [0.717, 1.165) is 24.5 Å². The van der Waals surface area contributed by atoms with Gasteiger partial charge in [0.05, 0.1) is 7.11 Å². The van der Waals surface area contributed by atoms with E-state index in [9.17, 15) is 4.79 Å². The van der Waals surface area contributed by atoms with Crippen LogP contribution in [-0.2, 0) is 11.3 Å². The van der Waals surface area contributed by atoms with Gasteiger partial charge in [0.25, 0.3) is 0 Å². The normalized spacial score (nSPS) is 11.0. The number of hydrogen-bond donors (Lipinski definition) is 3. The van der Waals surface area contributed by atoms with Crippen molar-refractivity contribution >= 4 is 17.7 Å². The minimum absolute atomic E-state index is 0.470. The topological polar surface area (TPSA) is 74.8 Å². The van der Waals surface area contributed by atoms with Crippen molar-refractivity contribution in [2.24, 2.45) is 4.99 Å². The highest BCUT2D eigenvalue weighted by atomic mass is 16.5. The minimum Gasteiger partial charge on any atom is -0.453 e. The van der Waals surface area contributed by atoms with E-state index in [-0.39, 0.29) is 0 Å². The van der Waals surface area contributed by atoms with Crippen molar-refractivity contribution in [1.29, 1.82) is 0 Å². The Kier molecular flexibility index (Phi) is 8.49. The number of anilines is 1. The Morgan fingerprint density at radius 1 is 1.18 bits per heavy atom. The highest BCUT2D eigenvalue weighted by Gasteiger charge is 2.01. The zero-order chi connectivity index (χ0) is 16.2. The number of guanidine groups is 1. The SMILES string of the molecule is CCCCCNC(=NC)NCc1ccc(NC(=O)OC)cc1. The van der Waals surface area contributed by atoms with Gasteiger partial charge < -0.3 is 15.4 Å². The van der Waals surface area contributed by atoms with Crippen LogP contribution >= 0.6 is 0 Å². The molecular weight excluding hydrogens is 280 g/mol. The number of nitrogens with one attached hydrogen (secondary N) is 3. The first-order valence-corrected chi connectivity index (χ1v) is 7.58. The number of hydrogen-bond acceptors (Lipinski definition) is 3. The number of amides is 1. The van der Waals surface area contributed by atoms with Crippen LogP contribution in [0.4, 0.5) is 10.5 Å². The molecule has 22 heavy (non-hydrogen) atoms. The molecule has 1 aromatic carbocycles. The van der Waals surface area contributed by atoms with Crippen molar-refractivity contribution in [2.45, 2.75) is 32.7 Å². The summed E-state index contributed by atoms with van der Waals surface area (Å²) in [4.78, 5) is 15.3. The summed E-state index contributed by atoms with van der Waals surface area (Å²) in [6.07, 6.45) is 3.10. The summed E-state index contributed by atoms with van der Waals surface area (Å²) in [5, 5.41) is 9.16. The van der Waals surface area contributed by atoms with Crippen molar-refractivity contribution in [1.82, 2.24) is 10.6 Å². The molecule has 0 unspecified atom stereocenters. The van der Waals surface area contributed by atoms with Crippen LogP contribution in [0.5, 0.6) is 0 Å². The van der Waals surface area contributed by atoms with Gasteiger partial charge in [0.1, 0.15) is 0 Å². The fourth-order valence-electron chi connectivity index (χ4n) is 1.86. The zero-order valence-corrected chi connectivity index (χ0v) is 13.6. The molecule has 0 atom stereocenters. The van der Waals surface area contributed by atoms with Gasteiger partial charge in [-0.3, -0.25) is 10.3 Å². The maximum absolute atomic E-state index is 11.1. The molecule has 122 valence electrons. The summed E-state index contributed by atoms with van der Waals surface area (Å²) >= 11 is 0. The Labute approximate surface area is 132 Å². The zero-order valence-electron chi connectivity index (χ0n) is 13.6. The molecule has 1 rings (SSSR count). The number of unbranched alkanes of at least 4 members (excludes halogenated alkanes) is 2. The first kappa shape index (κ1) is 17.8. The summed E-state index contributed by atoms with van der Waals surface area (Å²) < 4.78 is 4.55. The van der Waals surface area contributed by atoms with Gasteiger partial charge in [0.15, 0.2) is 5.96 Å². The Morgan fingerprint density at radius 3 is 2.50 bits per heavy atom. The number of methoxy groups -OCH3 is 1. The summed E-state index contributed by atoms with van der Waals surface area (Å²) in [5.74, 6) is 0.799. The molecule has 0 aliphatic rings. The molecule has 0 spiro atoms. The average Bonchev–Trinajstić information content (AvgIpc) is 2.55. The quantitative estimate of drug-likeness (QED) is 0.411. The Hall–Kier alpha value is -2.24. The lowest BCUT2D eigenvalue weighted by Crippen LogP contribution is -2.37. The molecule has 1 aromatic rings. The van der Waals surface area contributed by atoms with Gasteiger partial charge >= 0.3 is 6.09 Å². The van der Waals surface area contributed by atoms with Crippen molar-refractivity contribution in [2.75, 3.05) is 26.0 Å². The van der Waals surface area contributed by atoms with E-state index in [1.54, 1.807) is 7.05 Å². The molecule has 0 saturated heterocycles. The van der Waals surface area contributed by atoms with Crippen molar-refractivity contribution in [3.63, 3.8) is 0 Å². The third-order valence-electron chi connectivity index (χ3n) is 3.14. The summed E-state index contributed by atoms with van der Waals surface area (Å²) in [5.41, 5.74) is 1.81. The molecule has 1 amide bonds. The van der Waals surface area contributed by atoms with E-state index in [0.29, 0.717) is 12.2 Å². The molecule has 0 saturated carbocycles. The van der Waals surface area contributed by atoms with Crippen LogP contribution in [0.15, 0.2) is 29.3 Å². The molecular formula is C16H26N4O2. The van der Waals surface area contributed by atoms with Gasteiger partial charge in [-0.2, -0.15) is 0 Å². The summed E-state index contributed by atoms with van der Waals surface area (Å²) in [6, 6.07) is 7.57. The lowest BCUT2D eigenvalue weighted by Gasteiger charge is -2.12. The highest BCUT2D eigenvalue weighted by Crippen LogP contribution is 2.09. The Balaban J connectivity index is 2.38. The fraction of sp³-hybridized carbons (Fsp3) is 0.500. The van der Waals surface area contributed by atoms with Crippen LogP contribution in [0.3, 0.4) is 0 Å². The number of carbonyl (C=O) groups is 1. The third-order valence-corrected chi connectivity index (χ3v) is 3.14. The number of nitrogens with zero attached hydrogens (tertiary/aromatic N) is 1. The molecule has 3 N–H and O–H groups in total. The van der Waals surface area contributed by atoms with Crippen LogP contribution in [0.1, 0.15) is 31.7 Å². The maximum Gasteiger partial charge on any atom is 0.411 e.